The maximum atomic E-state index is 13.1. The first-order valence-corrected chi connectivity index (χ1v) is 7.61. The average molecular weight is 347 g/mol. The van der Waals surface area contributed by atoms with Gasteiger partial charge in [-0.3, -0.25) is 4.90 Å². The Morgan fingerprint density at radius 1 is 0.960 bits per heavy atom. The predicted octanol–water partition coefficient (Wildman–Crippen LogP) is 3.31. The molecule has 0 saturated heterocycles. The highest BCUT2D eigenvalue weighted by Gasteiger charge is 2.33. The van der Waals surface area contributed by atoms with E-state index in [1.807, 2.05) is 30.3 Å². The summed E-state index contributed by atoms with van der Waals surface area (Å²) in [5, 5.41) is 11.6. The van der Waals surface area contributed by atoms with Gasteiger partial charge in [-0.25, -0.2) is 0 Å². The summed E-state index contributed by atoms with van der Waals surface area (Å²) in [5.74, 6) is 0.554. The number of aromatic nitrogens is 4. The topological polar surface area (TPSA) is 46.8 Å². The van der Waals surface area contributed by atoms with E-state index in [1.54, 1.807) is 22.7 Å². The molecular formula is C17H16F3N5. The van der Waals surface area contributed by atoms with E-state index < -0.39 is 11.7 Å². The molecule has 25 heavy (non-hydrogen) atoms. The van der Waals surface area contributed by atoms with Crippen LogP contribution in [-0.2, 0) is 19.3 Å². The Kier molecular flexibility index (Phi) is 4.80. The molecule has 0 N–H and O–H groups in total. The Balaban J connectivity index is 1.77. The van der Waals surface area contributed by atoms with E-state index in [1.165, 1.54) is 12.1 Å². The quantitative estimate of drug-likeness (QED) is 0.710. The van der Waals surface area contributed by atoms with Gasteiger partial charge in [-0.15, -0.1) is 5.10 Å². The normalized spacial score (nSPS) is 11.9. The maximum absolute atomic E-state index is 13.1. The Bertz CT molecular complexity index is 830. The van der Waals surface area contributed by atoms with Gasteiger partial charge in [0.2, 0.25) is 0 Å². The molecule has 1 heterocycles. The van der Waals surface area contributed by atoms with Gasteiger partial charge in [-0.05, 0) is 41.2 Å². The van der Waals surface area contributed by atoms with Crippen LogP contribution in [0.3, 0.4) is 0 Å². The third kappa shape index (κ3) is 4.03. The number of nitrogens with zero attached hydrogens (tertiary/aromatic N) is 5. The van der Waals surface area contributed by atoms with E-state index in [0.29, 0.717) is 12.4 Å². The second kappa shape index (κ2) is 7.02. The fraction of sp³-hybridized carbons (Fsp3) is 0.235. The summed E-state index contributed by atoms with van der Waals surface area (Å²) in [7, 11) is 1.73. The van der Waals surface area contributed by atoms with Crippen LogP contribution in [0.5, 0.6) is 0 Å². The molecule has 5 nitrogen and oxygen atoms in total. The van der Waals surface area contributed by atoms with Crippen molar-refractivity contribution in [3.63, 3.8) is 0 Å². The molecule has 0 radical (unpaired) electrons. The van der Waals surface area contributed by atoms with Crippen LogP contribution in [0.25, 0.3) is 5.69 Å². The van der Waals surface area contributed by atoms with Gasteiger partial charge in [0.05, 0.1) is 17.8 Å². The number of halogens is 3. The summed E-state index contributed by atoms with van der Waals surface area (Å²) in [6.45, 7) is 0.450. The van der Waals surface area contributed by atoms with Gasteiger partial charge >= 0.3 is 6.18 Å². The van der Waals surface area contributed by atoms with Crippen LogP contribution in [0, 0.1) is 0 Å². The Morgan fingerprint density at radius 3 is 2.36 bits per heavy atom. The van der Waals surface area contributed by atoms with E-state index in [4.69, 9.17) is 0 Å². The summed E-state index contributed by atoms with van der Waals surface area (Å²) in [5.41, 5.74) is 0.396. The van der Waals surface area contributed by atoms with Crippen LogP contribution in [0.15, 0.2) is 54.6 Å². The number of benzene rings is 2. The zero-order valence-electron chi connectivity index (χ0n) is 13.5. The first-order valence-electron chi connectivity index (χ1n) is 7.61. The number of alkyl halides is 3. The lowest BCUT2D eigenvalue weighted by Crippen LogP contribution is -2.22. The molecule has 8 heteroatoms. The first-order chi connectivity index (χ1) is 11.9. The number of hydrogen-bond acceptors (Lipinski definition) is 4. The van der Waals surface area contributed by atoms with Gasteiger partial charge in [0.25, 0.3) is 0 Å². The molecule has 0 unspecified atom stereocenters. The maximum Gasteiger partial charge on any atom is 0.416 e. The van der Waals surface area contributed by atoms with Gasteiger partial charge in [-0.2, -0.15) is 17.9 Å². The summed E-state index contributed by atoms with van der Waals surface area (Å²) in [6.07, 6.45) is -4.37. The highest BCUT2D eigenvalue weighted by Crippen LogP contribution is 2.32. The minimum atomic E-state index is -4.37. The fourth-order valence-corrected chi connectivity index (χ4v) is 2.60. The van der Waals surface area contributed by atoms with Gasteiger partial charge in [-0.1, -0.05) is 36.4 Å². The monoisotopic (exact) mass is 347 g/mol. The van der Waals surface area contributed by atoms with Crippen molar-refractivity contribution in [2.45, 2.75) is 19.3 Å². The van der Waals surface area contributed by atoms with E-state index >= 15 is 0 Å². The van der Waals surface area contributed by atoms with E-state index in [9.17, 15) is 13.2 Å². The smallest absolute Gasteiger partial charge is 0.295 e. The van der Waals surface area contributed by atoms with Crippen molar-refractivity contribution >= 4 is 0 Å². The zero-order valence-corrected chi connectivity index (χ0v) is 13.5. The van der Waals surface area contributed by atoms with Crippen molar-refractivity contribution in [2.24, 2.45) is 0 Å². The van der Waals surface area contributed by atoms with Crippen molar-refractivity contribution in [2.75, 3.05) is 7.05 Å². The first kappa shape index (κ1) is 17.1. The highest BCUT2D eigenvalue weighted by atomic mass is 19.4. The molecular weight excluding hydrogens is 331 g/mol. The second-order valence-corrected chi connectivity index (χ2v) is 5.67. The predicted molar refractivity (Wildman–Crippen MR) is 85.8 cm³/mol. The van der Waals surface area contributed by atoms with Crippen LogP contribution >= 0.6 is 0 Å². The molecule has 3 rings (SSSR count). The Morgan fingerprint density at radius 2 is 1.64 bits per heavy atom. The zero-order chi connectivity index (χ0) is 17.9. The molecule has 0 amide bonds. The molecule has 0 spiro atoms. The molecule has 2 aromatic carbocycles. The Hall–Kier alpha value is -2.74. The molecule has 0 aliphatic carbocycles. The van der Waals surface area contributed by atoms with Crippen LogP contribution < -0.4 is 0 Å². The van der Waals surface area contributed by atoms with Crippen LogP contribution in [0.2, 0.25) is 0 Å². The summed E-state index contributed by atoms with van der Waals surface area (Å²) >= 11 is 0. The van der Waals surface area contributed by atoms with E-state index in [-0.39, 0.29) is 12.1 Å². The van der Waals surface area contributed by atoms with E-state index in [2.05, 4.69) is 15.5 Å². The molecule has 130 valence electrons. The number of hydrogen-bond donors (Lipinski definition) is 0. The van der Waals surface area contributed by atoms with Crippen LogP contribution in [-0.4, -0.2) is 32.2 Å². The number of tetrazole rings is 1. The molecule has 1 aromatic heterocycles. The number of para-hydroxylation sites is 1. The van der Waals surface area contributed by atoms with Crippen molar-refractivity contribution < 1.29 is 13.2 Å². The minimum Gasteiger partial charge on any atom is -0.295 e. The van der Waals surface area contributed by atoms with Crippen molar-refractivity contribution in [1.29, 1.82) is 0 Å². The van der Waals surface area contributed by atoms with Crippen molar-refractivity contribution in [1.82, 2.24) is 25.1 Å². The average Bonchev–Trinajstić information content (AvgIpc) is 3.03. The van der Waals surface area contributed by atoms with Crippen molar-refractivity contribution in [3.05, 3.63) is 71.5 Å². The number of rotatable bonds is 5. The molecule has 0 bridgehead atoms. The third-order valence-corrected chi connectivity index (χ3v) is 3.71. The largest absolute Gasteiger partial charge is 0.416 e. The molecule has 0 aliphatic heterocycles. The molecule has 3 aromatic rings. The van der Waals surface area contributed by atoms with E-state index in [0.717, 1.165) is 11.8 Å². The Labute approximate surface area is 142 Å². The molecule has 0 fully saturated rings. The van der Waals surface area contributed by atoms with Crippen molar-refractivity contribution in [3.8, 4) is 5.69 Å². The lowest BCUT2D eigenvalue weighted by molar-refractivity contribution is -0.138. The lowest BCUT2D eigenvalue weighted by atomic mass is 10.1. The summed E-state index contributed by atoms with van der Waals surface area (Å²) in [4.78, 5) is 1.75. The minimum absolute atomic E-state index is 0.136. The summed E-state index contributed by atoms with van der Waals surface area (Å²) in [6, 6.07) is 14.9. The lowest BCUT2D eigenvalue weighted by Gasteiger charge is -2.19. The van der Waals surface area contributed by atoms with Crippen LogP contribution in [0.4, 0.5) is 13.2 Å². The van der Waals surface area contributed by atoms with Gasteiger partial charge in [0, 0.05) is 6.54 Å². The van der Waals surface area contributed by atoms with Crippen LogP contribution in [0.1, 0.15) is 17.0 Å². The van der Waals surface area contributed by atoms with Gasteiger partial charge in [0.1, 0.15) is 0 Å². The molecule has 0 aliphatic rings. The highest BCUT2D eigenvalue weighted by molar-refractivity contribution is 5.31. The van der Waals surface area contributed by atoms with Gasteiger partial charge in [0.15, 0.2) is 5.82 Å². The molecule has 0 atom stereocenters. The molecule has 0 saturated carbocycles. The van der Waals surface area contributed by atoms with Gasteiger partial charge < -0.3 is 0 Å². The summed E-state index contributed by atoms with van der Waals surface area (Å²) < 4.78 is 40.9. The SMILES string of the molecule is CN(Cc1ccccc1C(F)(F)F)Cc1nnnn1-c1ccccc1. The standard InChI is InChI=1S/C17H16F3N5/c1-24(11-13-7-5-6-10-15(13)17(18,19)20)12-16-21-22-23-25(16)14-8-3-2-4-9-14/h2-10H,11-12H2,1H3. The fourth-order valence-electron chi connectivity index (χ4n) is 2.60. The second-order valence-electron chi connectivity index (χ2n) is 5.67. The third-order valence-electron chi connectivity index (χ3n) is 3.71.